The Hall–Kier alpha value is -1.27. The SMILES string of the molecule is FCC(F)(F)OCC1CCN(Nc2ccccc2)CC1. The van der Waals surface area contributed by atoms with Gasteiger partial charge in [-0.1, -0.05) is 18.2 Å². The first-order valence-electron chi connectivity index (χ1n) is 6.73. The standard InChI is InChI=1S/C14H19F3N2O/c15-11-14(16,17)20-10-12-6-8-19(9-7-12)18-13-4-2-1-3-5-13/h1-5,12,18H,6-11H2. The van der Waals surface area contributed by atoms with Gasteiger partial charge >= 0.3 is 6.11 Å². The summed E-state index contributed by atoms with van der Waals surface area (Å²) in [6, 6.07) is 9.78. The highest BCUT2D eigenvalue weighted by Gasteiger charge is 2.31. The lowest BCUT2D eigenvalue weighted by atomic mass is 9.99. The second-order valence-electron chi connectivity index (χ2n) is 4.99. The van der Waals surface area contributed by atoms with Crippen molar-refractivity contribution in [2.75, 3.05) is 31.8 Å². The highest BCUT2D eigenvalue weighted by atomic mass is 19.3. The molecule has 0 aromatic heterocycles. The molecule has 0 unspecified atom stereocenters. The molecule has 1 aliphatic rings. The van der Waals surface area contributed by atoms with Crippen molar-refractivity contribution in [1.82, 2.24) is 5.01 Å². The van der Waals surface area contributed by atoms with Crippen LogP contribution in [0.3, 0.4) is 0 Å². The van der Waals surface area contributed by atoms with Gasteiger partial charge in [-0.25, -0.2) is 9.40 Å². The molecule has 1 aliphatic heterocycles. The lowest BCUT2D eigenvalue weighted by Crippen LogP contribution is -2.39. The summed E-state index contributed by atoms with van der Waals surface area (Å²) in [5.41, 5.74) is 4.27. The van der Waals surface area contributed by atoms with Crippen LogP contribution in [0, 0.1) is 5.92 Å². The summed E-state index contributed by atoms with van der Waals surface area (Å²) in [7, 11) is 0. The fourth-order valence-electron chi connectivity index (χ4n) is 2.19. The van der Waals surface area contributed by atoms with Crippen LogP contribution in [0.25, 0.3) is 0 Å². The molecule has 1 aromatic carbocycles. The number of ether oxygens (including phenoxy) is 1. The van der Waals surface area contributed by atoms with Gasteiger partial charge in [-0.3, -0.25) is 0 Å². The first kappa shape index (κ1) is 15.1. The van der Waals surface area contributed by atoms with Crippen molar-refractivity contribution in [3.05, 3.63) is 30.3 Å². The van der Waals surface area contributed by atoms with Crippen molar-refractivity contribution in [1.29, 1.82) is 0 Å². The van der Waals surface area contributed by atoms with Crippen LogP contribution in [-0.4, -0.2) is 37.5 Å². The number of nitrogens with zero attached hydrogens (tertiary/aromatic N) is 1. The molecule has 0 aliphatic carbocycles. The van der Waals surface area contributed by atoms with Crippen LogP contribution in [0.1, 0.15) is 12.8 Å². The number of hydrogen-bond donors (Lipinski definition) is 1. The van der Waals surface area contributed by atoms with E-state index in [1.54, 1.807) is 0 Å². The van der Waals surface area contributed by atoms with Crippen molar-refractivity contribution in [2.24, 2.45) is 5.92 Å². The molecule has 1 fully saturated rings. The van der Waals surface area contributed by atoms with Gasteiger partial charge in [-0.2, -0.15) is 8.78 Å². The molecule has 112 valence electrons. The van der Waals surface area contributed by atoms with E-state index in [2.05, 4.69) is 15.2 Å². The largest absolute Gasteiger partial charge is 0.384 e. The monoisotopic (exact) mass is 288 g/mol. The van der Waals surface area contributed by atoms with E-state index in [0.717, 1.165) is 31.6 Å². The summed E-state index contributed by atoms with van der Waals surface area (Å²) >= 11 is 0. The molecular weight excluding hydrogens is 269 g/mol. The number of para-hydroxylation sites is 1. The maximum Gasteiger partial charge on any atom is 0.384 e. The van der Waals surface area contributed by atoms with E-state index in [-0.39, 0.29) is 12.5 Å². The molecule has 20 heavy (non-hydrogen) atoms. The second-order valence-corrected chi connectivity index (χ2v) is 4.99. The number of nitrogens with one attached hydrogen (secondary N) is 1. The van der Waals surface area contributed by atoms with Crippen LogP contribution < -0.4 is 5.43 Å². The van der Waals surface area contributed by atoms with Crippen molar-refractivity contribution in [2.45, 2.75) is 19.0 Å². The fourth-order valence-corrected chi connectivity index (χ4v) is 2.19. The fraction of sp³-hybridized carbons (Fsp3) is 0.571. The average molecular weight is 288 g/mol. The Kier molecular flexibility index (Phi) is 5.25. The lowest BCUT2D eigenvalue weighted by molar-refractivity contribution is -0.252. The topological polar surface area (TPSA) is 24.5 Å². The average Bonchev–Trinajstić information content (AvgIpc) is 2.48. The van der Waals surface area contributed by atoms with E-state index >= 15 is 0 Å². The second kappa shape index (κ2) is 6.95. The maximum absolute atomic E-state index is 12.7. The molecule has 0 spiro atoms. The van der Waals surface area contributed by atoms with E-state index in [0.29, 0.717) is 0 Å². The van der Waals surface area contributed by atoms with Crippen LogP contribution in [0.15, 0.2) is 30.3 Å². The molecule has 1 N–H and O–H groups in total. The van der Waals surface area contributed by atoms with Crippen LogP contribution in [0.4, 0.5) is 18.9 Å². The van der Waals surface area contributed by atoms with E-state index < -0.39 is 12.8 Å². The molecule has 3 nitrogen and oxygen atoms in total. The highest BCUT2D eigenvalue weighted by Crippen LogP contribution is 2.23. The summed E-state index contributed by atoms with van der Waals surface area (Å²) in [6.45, 7) is -0.342. The van der Waals surface area contributed by atoms with Crippen LogP contribution in [-0.2, 0) is 4.74 Å². The number of alkyl halides is 3. The Labute approximate surface area is 116 Å². The minimum absolute atomic E-state index is 0.0567. The van der Waals surface area contributed by atoms with Crippen molar-refractivity contribution in [3.8, 4) is 0 Å². The third kappa shape index (κ3) is 4.68. The normalized spacial score (nSPS) is 18.1. The van der Waals surface area contributed by atoms with E-state index in [4.69, 9.17) is 0 Å². The zero-order valence-corrected chi connectivity index (χ0v) is 11.2. The molecule has 0 saturated carbocycles. The van der Waals surface area contributed by atoms with Crippen molar-refractivity contribution >= 4 is 5.69 Å². The summed E-state index contributed by atoms with van der Waals surface area (Å²) in [5, 5.41) is 2.05. The van der Waals surface area contributed by atoms with Gasteiger partial charge in [0.15, 0.2) is 6.67 Å². The van der Waals surface area contributed by atoms with Crippen LogP contribution in [0.2, 0.25) is 0 Å². The quantitative estimate of drug-likeness (QED) is 0.869. The number of hydrogen-bond acceptors (Lipinski definition) is 3. The van der Waals surface area contributed by atoms with E-state index in [1.165, 1.54) is 0 Å². The smallest absolute Gasteiger partial charge is 0.319 e. The number of halogens is 3. The molecule has 2 rings (SSSR count). The Morgan fingerprint density at radius 3 is 2.45 bits per heavy atom. The number of benzene rings is 1. The minimum atomic E-state index is -3.64. The van der Waals surface area contributed by atoms with E-state index in [9.17, 15) is 13.2 Å². The number of hydrazine groups is 1. The Morgan fingerprint density at radius 1 is 1.20 bits per heavy atom. The number of anilines is 1. The molecule has 1 aromatic rings. The zero-order valence-electron chi connectivity index (χ0n) is 11.2. The predicted molar refractivity (Wildman–Crippen MR) is 71.2 cm³/mol. The highest BCUT2D eigenvalue weighted by molar-refractivity contribution is 5.41. The van der Waals surface area contributed by atoms with Gasteiger partial charge in [0.25, 0.3) is 0 Å². The number of rotatable bonds is 6. The Morgan fingerprint density at radius 2 is 1.85 bits per heavy atom. The van der Waals surface area contributed by atoms with Gasteiger partial charge < -0.3 is 10.2 Å². The predicted octanol–water partition coefficient (Wildman–Crippen LogP) is 3.30. The van der Waals surface area contributed by atoms with E-state index in [1.807, 2.05) is 30.3 Å². The Balaban J connectivity index is 1.70. The molecule has 6 heteroatoms. The molecular formula is C14H19F3N2O. The third-order valence-electron chi connectivity index (χ3n) is 3.36. The number of piperidine rings is 1. The van der Waals surface area contributed by atoms with Gasteiger partial charge in [0.2, 0.25) is 0 Å². The summed E-state index contributed by atoms with van der Waals surface area (Å²) < 4.78 is 41.6. The van der Waals surface area contributed by atoms with Crippen LogP contribution in [0.5, 0.6) is 0 Å². The van der Waals surface area contributed by atoms with Crippen molar-refractivity contribution < 1.29 is 17.9 Å². The molecule has 1 saturated heterocycles. The minimum Gasteiger partial charge on any atom is -0.319 e. The molecule has 0 atom stereocenters. The van der Waals surface area contributed by atoms with Gasteiger partial charge in [-0.05, 0) is 30.9 Å². The summed E-state index contributed by atoms with van der Waals surface area (Å²) in [5.74, 6) is 0.0567. The Bertz CT molecular complexity index is 395. The summed E-state index contributed by atoms with van der Waals surface area (Å²) in [6.07, 6.45) is -2.14. The van der Waals surface area contributed by atoms with Gasteiger partial charge in [0.1, 0.15) is 0 Å². The first-order chi connectivity index (χ1) is 9.59. The zero-order chi connectivity index (χ0) is 14.4. The lowest BCUT2D eigenvalue weighted by Gasteiger charge is -2.33. The van der Waals surface area contributed by atoms with Gasteiger partial charge in [-0.15, -0.1) is 0 Å². The summed E-state index contributed by atoms with van der Waals surface area (Å²) in [4.78, 5) is 0. The molecule has 0 bridgehead atoms. The molecule has 0 amide bonds. The van der Waals surface area contributed by atoms with Crippen LogP contribution >= 0.6 is 0 Å². The maximum atomic E-state index is 12.7. The van der Waals surface area contributed by atoms with Crippen molar-refractivity contribution in [3.63, 3.8) is 0 Å². The molecule has 0 radical (unpaired) electrons. The van der Waals surface area contributed by atoms with Gasteiger partial charge in [0, 0.05) is 18.8 Å². The van der Waals surface area contributed by atoms with Gasteiger partial charge in [0.05, 0.1) is 6.61 Å². The third-order valence-corrected chi connectivity index (χ3v) is 3.36. The first-order valence-corrected chi connectivity index (χ1v) is 6.73. The molecule has 1 heterocycles.